The van der Waals surface area contributed by atoms with Gasteiger partial charge in [0.05, 0.1) is 11.8 Å². The van der Waals surface area contributed by atoms with Gasteiger partial charge >= 0.3 is 5.97 Å². The van der Waals surface area contributed by atoms with Crippen molar-refractivity contribution in [2.75, 3.05) is 0 Å². The van der Waals surface area contributed by atoms with Crippen LogP contribution >= 0.6 is 0 Å². The molecule has 1 heterocycles. The summed E-state index contributed by atoms with van der Waals surface area (Å²) >= 11 is 0. The van der Waals surface area contributed by atoms with Crippen molar-refractivity contribution >= 4 is 12.2 Å². The summed E-state index contributed by atoms with van der Waals surface area (Å²) in [6.45, 7) is 0. The number of hydrogen-bond donors (Lipinski definition) is 1. The zero-order valence-corrected chi connectivity index (χ0v) is 8.66. The maximum absolute atomic E-state index is 10.7. The van der Waals surface area contributed by atoms with E-state index >= 15 is 0 Å². The molecule has 1 aromatic heterocycles. The third kappa shape index (κ3) is 2.34. The van der Waals surface area contributed by atoms with Gasteiger partial charge < -0.3 is 19.9 Å². The van der Waals surface area contributed by atoms with Crippen molar-refractivity contribution in [1.29, 1.82) is 0 Å². The van der Waals surface area contributed by atoms with Gasteiger partial charge in [-0.2, -0.15) is 0 Å². The van der Waals surface area contributed by atoms with Gasteiger partial charge in [0.15, 0.2) is 0 Å². The molecular weight excluding hydrogens is 222 g/mol. The molecule has 0 atom stereocenters. The fourth-order valence-electron chi connectivity index (χ4n) is 1.41. The molecule has 0 aliphatic rings. The number of aromatic carboxylic acids is 1. The van der Waals surface area contributed by atoms with Crippen LogP contribution in [0.3, 0.4) is 0 Å². The third-order valence-electron chi connectivity index (χ3n) is 2.22. The number of carboxylic acids is 1. The molecule has 0 amide bonds. The number of carbonyl (C=O) groups is 1. The molecule has 2 rings (SSSR count). The highest BCUT2D eigenvalue weighted by Crippen LogP contribution is 2.21. The van der Waals surface area contributed by atoms with Gasteiger partial charge in [-0.25, -0.2) is 4.79 Å². The Kier molecular flexibility index (Phi) is 2.91. The second-order valence-corrected chi connectivity index (χ2v) is 3.32. The van der Waals surface area contributed by atoms with E-state index in [4.69, 9.17) is 9.52 Å². The number of rotatable bonds is 3. The molecule has 0 unspecified atom stereocenters. The second-order valence-electron chi connectivity index (χ2n) is 3.32. The van der Waals surface area contributed by atoms with E-state index < -0.39 is 5.97 Å². The van der Waals surface area contributed by atoms with Gasteiger partial charge in [-0.1, -0.05) is 12.1 Å². The van der Waals surface area contributed by atoms with E-state index in [1.165, 1.54) is 12.1 Å². The van der Waals surface area contributed by atoms with E-state index in [2.05, 4.69) is 5.16 Å². The van der Waals surface area contributed by atoms with Crippen LogP contribution in [0.5, 0.6) is 0 Å². The molecule has 0 aliphatic heterocycles. The van der Waals surface area contributed by atoms with E-state index in [0.29, 0.717) is 11.5 Å². The number of carboxylic acid groups (broad SMARTS) is 1. The van der Waals surface area contributed by atoms with Crippen LogP contribution in [0.2, 0.25) is 0 Å². The maximum atomic E-state index is 10.7. The largest absolute Gasteiger partial charge is 0.792 e. The minimum absolute atomic E-state index is 0.210. The van der Waals surface area contributed by atoms with E-state index in [9.17, 15) is 10.0 Å². The Morgan fingerprint density at radius 2 is 1.94 bits per heavy atom. The van der Waals surface area contributed by atoms with E-state index in [1.54, 1.807) is 24.3 Å². The normalized spacial score (nSPS) is 10.8. The zero-order valence-electron chi connectivity index (χ0n) is 8.66. The van der Waals surface area contributed by atoms with Crippen molar-refractivity contribution in [1.82, 2.24) is 0 Å². The van der Waals surface area contributed by atoms with Gasteiger partial charge in [0.2, 0.25) is 0 Å². The van der Waals surface area contributed by atoms with Crippen molar-refractivity contribution in [3.05, 3.63) is 52.9 Å². The van der Waals surface area contributed by atoms with Crippen molar-refractivity contribution in [2.45, 2.75) is 0 Å². The molecule has 0 fully saturated rings. The summed E-state index contributed by atoms with van der Waals surface area (Å²) < 4.78 is 5.31. The summed E-state index contributed by atoms with van der Waals surface area (Å²) in [6, 6.07) is 9.55. The Morgan fingerprint density at radius 3 is 2.53 bits per heavy atom. The van der Waals surface area contributed by atoms with Crippen LogP contribution in [-0.2, 0) is 0 Å². The minimum Gasteiger partial charge on any atom is -0.792 e. The molecular formula is C12H8NO4-. The second kappa shape index (κ2) is 4.52. The molecule has 86 valence electrons. The molecule has 0 bridgehead atoms. The van der Waals surface area contributed by atoms with Crippen LogP contribution < -0.4 is 0 Å². The molecule has 0 saturated heterocycles. The van der Waals surface area contributed by atoms with Gasteiger partial charge in [-0.05, 0) is 24.3 Å². The zero-order chi connectivity index (χ0) is 12.3. The summed E-state index contributed by atoms with van der Waals surface area (Å²) in [5.74, 6) is -0.0654. The molecule has 0 spiro atoms. The van der Waals surface area contributed by atoms with Crippen molar-refractivity contribution < 1.29 is 14.3 Å². The highest BCUT2D eigenvalue weighted by atomic mass is 16.4. The Hall–Kier alpha value is -2.56. The highest BCUT2D eigenvalue weighted by Gasteiger charge is 2.05. The minimum atomic E-state index is -0.977. The summed E-state index contributed by atoms with van der Waals surface area (Å²) in [4.78, 5) is 10.7. The van der Waals surface area contributed by atoms with Crippen molar-refractivity contribution in [2.24, 2.45) is 5.16 Å². The molecule has 1 N–H and O–H groups in total. The Labute approximate surface area is 96.6 Å². The Balaban J connectivity index is 2.29. The summed E-state index contributed by atoms with van der Waals surface area (Å²) in [6.07, 6.45) is 1.06. The van der Waals surface area contributed by atoms with E-state index in [1.807, 2.05) is 0 Å². The van der Waals surface area contributed by atoms with Gasteiger partial charge in [0.1, 0.15) is 11.5 Å². The van der Waals surface area contributed by atoms with Crippen LogP contribution in [0, 0.1) is 5.21 Å². The average molecular weight is 230 g/mol. The average Bonchev–Trinajstić information content (AvgIpc) is 2.78. The lowest BCUT2D eigenvalue weighted by Gasteiger charge is -1.98. The molecule has 1 aromatic carbocycles. The standard InChI is InChI=1S/C12H9NO4/c14-12(15)9-3-1-8(2-4-9)11-6-5-10(17-11)7-13-16/h1-7,16H,(H,14,15)/p-1/b13-7-. The first-order valence-corrected chi connectivity index (χ1v) is 4.80. The molecule has 17 heavy (non-hydrogen) atoms. The quantitative estimate of drug-likeness (QED) is 0.648. The number of nitrogens with zero attached hydrogens (tertiary/aromatic N) is 1. The third-order valence-corrected chi connectivity index (χ3v) is 2.22. The fourth-order valence-corrected chi connectivity index (χ4v) is 1.41. The summed E-state index contributed by atoms with van der Waals surface area (Å²) in [5.41, 5.74) is 0.946. The predicted molar refractivity (Wildman–Crippen MR) is 62.1 cm³/mol. The van der Waals surface area contributed by atoms with Crippen LogP contribution in [0.1, 0.15) is 16.1 Å². The van der Waals surface area contributed by atoms with Crippen LogP contribution in [0.25, 0.3) is 11.3 Å². The predicted octanol–water partition coefficient (Wildman–Crippen LogP) is 2.56. The number of hydrogen-bond acceptors (Lipinski definition) is 4. The van der Waals surface area contributed by atoms with E-state index in [0.717, 1.165) is 11.8 Å². The molecule has 5 heteroatoms. The number of benzene rings is 1. The lowest BCUT2D eigenvalue weighted by atomic mass is 10.1. The summed E-state index contributed by atoms with van der Waals surface area (Å²) in [5, 5.41) is 21.4. The first-order chi connectivity index (χ1) is 8.20. The van der Waals surface area contributed by atoms with E-state index in [-0.39, 0.29) is 5.56 Å². The molecule has 0 aliphatic carbocycles. The van der Waals surface area contributed by atoms with Crippen molar-refractivity contribution in [3.8, 4) is 11.3 Å². The Bertz CT molecular complexity index is 554. The van der Waals surface area contributed by atoms with Crippen LogP contribution in [0.15, 0.2) is 46.0 Å². The topological polar surface area (TPSA) is 85.9 Å². The van der Waals surface area contributed by atoms with Gasteiger partial charge in [0.25, 0.3) is 0 Å². The van der Waals surface area contributed by atoms with Crippen LogP contribution in [0.4, 0.5) is 0 Å². The lowest BCUT2D eigenvalue weighted by Crippen LogP contribution is -1.94. The first-order valence-electron chi connectivity index (χ1n) is 4.80. The van der Waals surface area contributed by atoms with Gasteiger partial charge in [-0.3, -0.25) is 0 Å². The molecule has 0 radical (unpaired) electrons. The first kappa shape index (κ1) is 10.9. The highest BCUT2D eigenvalue weighted by molar-refractivity contribution is 5.88. The van der Waals surface area contributed by atoms with Gasteiger partial charge in [0, 0.05) is 5.56 Å². The van der Waals surface area contributed by atoms with Crippen LogP contribution in [-0.4, -0.2) is 17.3 Å². The van der Waals surface area contributed by atoms with Gasteiger partial charge in [-0.15, -0.1) is 0 Å². The lowest BCUT2D eigenvalue weighted by molar-refractivity contribution is 0.0697. The molecule has 2 aromatic rings. The molecule has 0 saturated carbocycles. The SMILES string of the molecule is O=C(O)c1ccc(-c2ccc(/C=N\[O-])o2)cc1. The Morgan fingerprint density at radius 1 is 1.24 bits per heavy atom. The maximum Gasteiger partial charge on any atom is 0.335 e. The monoisotopic (exact) mass is 230 g/mol. The number of furan rings is 1. The fraction of sp³-hybridized carbons (Fsp3) is 0. The van der Waals surface area contributed by atoms with Crippen molar-refractivity contribution in [3.63, 3.8) is 0 Å². The molecule has 5 nitrogen and oxygen atoms in total. The summed E-state index contributed by atoms with van der Waals surface area (Å²) in [7, 11) is 0. The smallest absolute Gasteiger partial charge is 0.335 e.